The highest BCUT2D eigenvalue weighted by molar-refractivity contribution is 6.09. The molecule has 5 rings (SSSR count). The van der Waals surface area contributed by atoms with E-state index < -0.39 is 0 Å². The molecule has 37 heavy (non-hydrogen) atoms. The zero-order chi connectivity index (χ0) is 25.9. The van der Waals surface area contributed by atoms with Crippen molar-refractivity contribution in [1.82, 2.24) is 10.3 Å². The second-order valence-electron chi connectivity index (χ2n) is 9.45. The summed E-state index contributed by atoms with van der Waals surface area (Å²) in [6, 6.07) is 26.8. The van der Waals surface area contributed by atoms with Crippen LogP contribution in [-0.2, 0) is 11.2 Å². The van der Waals surface area contributed by atoms with Crippen molar-refractivity contribution in [2.75, 3.05) is 0 Å². The normalized spacial score (nSPS) is 11.9. The molecule has 0 saturated carbocycles. The van der Waals surface area contributed by atoms with Crippen LogP contribution in [0.4, 0.5) is 0 Å². The standard InChI is InChI=1S/C32H28N2O3/c1-20-9-11-27(21(2)15-20)31(24-7-5-4-6-8-24)34-30(35)18-23-10-12-28-26(17-23)19-29(37-28)32(36)25-13-14-33-22(3)16-25/h4-17,19,31H,18H2,1-3H3,(H,34,35). The van der Waals surface area contributed by atoms with E-state index in [-0.39, 0.29) is 29.9 Å². The minimum Gasteiger partial charge on any atom is -0.453 e. The van der Waals surface area contributed by atoms with Gasteiger partial charge >= 0.3 is 0 Å². The van der Waals surface area contributed by atoms with Gasteiger partial charge in [-0.1, -0.05) is 60.2 Å². The molecular weight excluding hydrogens is 460 g/mol. The molecule has 5 heteroatoms. The lowest BCUT2D eigenvalue weighted by Gasteiger charge is -2.22. The average Bonchev–Trinajstić information content (AvgIpc) is 3.31. The lowest BCUT2D eigenvalue weighted by atomic mass is 9.93. The van der Waals surface area contributed by atoms with Crippen LogP contribution >= 0.6 is 0 Å². The van der Waals surface area contributed by atoms with Crippen molar-refractivity contribution in [2.24, 2.45) is 0 Å². The molecule has 1 amide bonds. The number of carbonyl (C=O) groups is 2. The second-order valence-corrected chi connectivity index (χ2v) is 9.45. The summed E-state index contributed by atoms with van der Waals surface area (Å²) in [4.78, 5) is 30.2. The molecular formula is C32H28N2O3. The molecule has 2 heterocycles. The molecule has 0 saturated heterocycles. The van der Waals surface area contributed by atoms with Gasteiger partial charge in [0.1, 0.15) is 5.58 Å². The Labute approximate surface area is 216 Å². The fraction of sp³-hybridized carbons (Fsp3) is 0.156. The van der Waals surface area contributed by atoms with Gasteiger partial charge in [-0.15, -0.1) is 0 Å². The molecule has 184 valence electrons. The number of amides is 1. The number of nitrogens with one attached hydrogen (secondary N) is 1. The number of hydrogen-bond acceptors (Lipinski definition) is 4. The van der Waals surface area contributed by atoms with Gasteiger partial charge in [0.25, 0.3) is 0 Å². The number of hydrogen-bond donors (Lipinski definition) is 1. The van der Waals surface area contributed by atoms with Gasteiger partial charge < -0.3 is 9.73 Å². The molecule has 0 aliphatic rings. The number of carbonyl (C=O) groups excluding carboxylic acids is 2. The largest absolute Gasteiger partial charge is 0.453 e. The van der Waals surface area contributed by atoms with E-state index in [9.17, 15) is 9.59 Å². The predicted molar refractivity (Wildman–Crippen MR) is 145 cm³/mol. The van der Waals surface area contributed by atoms with Crippen LogP contribution in [0.2, 0.25) is 0 Å². The fourth-order valence-electron chi connectivity index (χ4n) is 4.68. The van der Waals surface area contributed by atoms with E-state index >= 15 is 0 Å². The highest BCUT2D eigenvalue weighted by Gasteiger charge is 2.20. The van der Waals surface area contributed by atoms with Crippen LogP contribution in [0.15, 0.2) is 95.5 Å². The van der Waals surface area contributed by atoms with Crippen molar-refractivity contribution in [3.63, 3.8) is 0 Å². The summed E-state index contributed by atoms with van der Waals surface area (Å²) in [5.74, 6) is -0.0124. The molecule has 0 spiro atoms. The van der Waals surface area contributed by atoms with Crippen LogP contribution in [0.5, 0.6) is 0 Å². The van der Waals surface area contributed by atoms with Gasteiger partial charge in [-0.25, -0.2) is 0 Å². The molecule has 2 aromatic heterocycles. The maximum absolute atomic E-state index is 13.2. The zero-order valence-corrected chi connectivity index (χ0v) is 21.1. The smallest absolute Gasteiger partial charge is 0.228 e. The maximum atomic E-state index is 13.2. The van der Waals surface area contributed by atoms with Gasteiger partial charge in [0.2, 0.25) is 11.7 Å². The summed E-state index contributed by atoms with van der Waals surface area (Å²) in [6.07, 6.45) is 1.82. The highest BCUT2D eigenvalue weighted by atomic mass is 16.3. The Morgan fingerprint density at radius 2 is 1.70 bits per heavy atom. The SMILES string of the molecule is Cc1ccc(C(NC(=O)Cc2ccc3oc(C(=O)c4ccnc(C)c4)cc3c2)c2ccccc2)c(C)c1. The predicted octanol–water partition coefficient (Wildman–Crippen LogP) is 6.43. The van der Waals surface area contributed by atoms with Crippen molar-refractivity contribution in [2.45, 2.75) is 33.2 Å². The van der Waals surface area contributed by atoms with Gasteiger partial charge in [0.15, 0.2) is 5.76 Å². The van der Waals surface area contributed by atoms with E-state index in [1.165, 1.54) is 5.56 Å². The summed E-state index contributed by atoms with van der Waals surface area (Å²) in [7, 11) is 0. The van der Waals surface area contributed by atoms with Crippen LogP contribution in [0.25, 0.3) is 11.0 Å². The van der Waals surface area contributed by atoms with Crippen LogP contribution in [0.3, 0.4) is 0 Å². The molecule has 5 aromatic rings. The second kappa shape index (κ2) is 10.2. The van der Waals surface area contributed by atoms with E-state index in [0.717, 1.165) is 33.3 Å². The Bertz CT molecular complexity index is 1600. The van der Waals surface area contributed by atoms with Crippen LogP contribution < -0.4 is 5.32 Å². The van der Waals surface area contributed by atoms with E-state index in [0.29, 0.717) is 11.1 Å². The number of aryl methyl sites for hydroxylation is 3. The Hall–Kier alpha value is -4.51. The number of pyridine rings is 1. The molecule has 1 unspecified atom stereocenters. The fourth-order valence-corrected chi connectivity index (χ4v) is 4.68. The first-order valence-electron chi connectivity index (χ1n) is 12.3. The van der Waals surface area contributed by atoms with Crippen LogP contribution in [-0.4, -0.2) is 16.7 Å². The maximum Gasteiger partial charge on any atom is 0.228 e. The molecule has 5 nitrogen and oxygen atoms in total. The minimum absolute atomic E-state index is 0.0831. The molecule has 3 aromatic carbocycles. The molecule has 0 fully saturated rings. The summed E-state index contributed by atoms with van der Waals surface area (Å²) >= 11 is 0. The molecule has 0 bridgehead atoms. The Kier molecular flexibility index (Phi) is 6.69. The van der Waals surface area contributed by atoms with Gasteiger partial charge in [-0.05, 0) is 73.4 Å². The number of furan rings is 1. The van der Waals surface area contributed by atoms with E-state index in [1.807, 2.05) is 55.5 Å². The van der Waals surface area contributed by atoms with Crippen LogP contribution in [0.1, 0.15) is 55.7 Å². The van der Waals surface area contributed by atoms with Crippen molar-refractivity contribution < 1.29 is 14.0 Å². The van der Waals surface area contributed by atoms with Crippen molar-refractivity contribution in [3.8, 4) is 0 Å². The molecule has 0 aliphatic carbocycles. The van der Waals surface area contributed by atoms with Crippen molar-refractivity contribution >= 4 is 22.7 Å². The first kappa shape index (κ1) is 24.2. The van der Waals surface area contributed by atoms with Gasteiger partial charge in [-0.2, -0.15) is 0 Å². The number of benzene rings is 3. The topological polar surface area (TPSA) is 72.2 Å². The molecule has 1 atom stereocenters. The first-order chi connectivity index (χ1) is 17.9. The Morgan fingerprint density at radius 3 is 2.46 bits per heavy atom. The molecule has 0 aliphatic heterocycles. The summed E-state index contributed by atoms with van der Waals surface area (Å²) < 4.78 is 5.82. The van der Waals surface area contributed by atoms with Crippen molar-refractivity contribution in [3.05, 3.63) is 136 Å². The first-order valence-corrected chi connectivity index (χ1v) is 12.3. The number of ketones is 1. The van der Waals surface area contributed by atoms with Gasteiger partial charge in [0, 0.05) is 22.8 Å². The lowest BCUT2D eigenvalue weighted by Crippen LogP contribution is -2.31. The van der Waals surface area contributed by atoms with Gasteiger partial charge in [-0.3, -0.25) is 14.6 Å². The quantitative estimate of drug-likeness (QED) is 0.268. The molecule has 0 radical (unpaired) electrons. The summed E-state index contributed by atoms with van der Waals surface area (Å²) in [5.41, 5.74) is 7.18. The minimum atomic E-state index is -0.250. The Morgan fingerprint density at radius 1 is 0.892 bits per heavy atom. The third-order valence-corrected chi connectivity index (χ3v) is 6.50. The number of aromatic nitrogens is 1. The summed E-state index contributed by atoms with van der Waals surface area (Å²) in [6.45, 7) is 5.98. The number of rotatable bonds is 7. The summed E-state index contributed by atoms with van der Waals surface area (Å²) in [5, 5.41) is 4.02. The lowest BCUT2D eigenvalue weighted by molar-refractivity contribution is -0.120. The van der Waals surface area contributed by atoms with E-state index in [4.69, 9.17) is 4.42 Å². The third kappa shape index (κ3) is 5.36. The third-order valence-electron chi connectivity index (χ3n) is 6.50. The van der Waals surface area contributed by atoms with Crippen molar-refractivity contribution in [1.29, 1.82) is 0 Å². The van der Waals surface area contributed by atoms with Gasteiger partial charge in [0.05, 0.1) is 12.5 Å². The van der Waals surface area contributed by atoms with E-state index in [2.05, 4.69) is 42.3 Å². The van der Waals surface area contributed by atoms with Crippen LogP contribution in [0, 0.1) is 20.8 Å². The van der Waals surface area contributed by atoms with E-state index in [1.54, 1.807) is 24.4 Å². The highest BCUT2D eigenvalue weighted by Crippen LogP contribution is 2.27. The molecule has 1 N–H and O–H groups in total. The number of nitrogens with zero attached hydrogens (tertiary/aromatic N) is 1. The Balaban J connectivity index is 1.37. The zero-order valence-electron chi connectivity index (χ0n) is 21.1. The average molecular weight is 489 g/mol. The monoisotopic (exact) mass is 488 g/mol. The number of fused-ring (bicyclic) bond motifs is 1.